The molecular formula is C34H53N3O2. The summed E-state index contributed by atoms with van der Waals surface area (Å²) in [6.07, 6.45) is 16.3. The van der Waals surface area contributed by atoms with E-state index in [2.05, 4.69) is 52.8 Å². The van der Waals surface area contributed by atoms with Crippen molar-refractivity contribution in [1.82, 2.24) is 4.90 Å². The highest BCUT2D eigenvalue weighted by Crippen LogP contribution is 2.67. The number of allylic oxidation sites excluding steroid dienone is 1. The number of hydrogen-bond donors (Lipinski definition) is 0. The number of carbonyl (C=O) groups is 1. The molecule has 216 valence electrons. The van der Waals surface area contributed by atoms with Crippen molar-refractivity contribution in [3.8, 4) is 12.1 Å². The van der Waals surface area contributed by atoms with Gasteiger partial charge in [0, 0.05) is 19.5 Å². The maximum Gasteiger partial charge on any atom is 0.410 e. The topological polar surface area (TPSA) is 77.1 Å². The monoisotopic (exact) mass is 535 g/mol. The molecule has 4 aliphatic carbocycles. The quantitative estimate of drug-likeness (QED) is 0.262. The summed E-state index contributed by atoms with van der Waals surface area (Å²) in [6.45, 7) is 13.1. The molecule has 0 unspecified atom stereocenters. The van der Waals surface area contributed by atoms with Gasteiger partial charge < -0.3 is 9.64 Å². The Morgan fingerprint density at radius 2 is 1.74 bits per heavy atom. The molecule has 0 bridgehead atoms. The fourth-order valence-corrected chi connectivity index (χ4v) is 9.63. The first-order valence-corrected chi connectivity index (χ1v) is 16.0. The van der Waals surface area contributed by atoms with E-state index >= 15 is 0 Å². The highest BCUT2D eigenvalue weighted by molar-refractivity contribution is 5.68. The molecular weight excluding hydrogens is 482 g/mol. The van der Waals surface area contributed by atoms with Crippen LogP contribution in [0, 0.1) is 69.0 Å². The first-order chi connectivity index (χ1) is 18.6. The van der Waals surface area contributed by atoms with Crippen LogP contribution in [-0.4, -0.2) is 30.2 Å². The van der Waals surface area contributed by atoms with Gasteiger partial charge in [-0.1, -0.05) is 65.5 Å². The number of carbonyl (C=O) groups excluding carboxylic acids is 1. The van der Waals surface area contributed by atoms with Crippen molar-refractivity contribution < 1.29 is 9.53 Å². The predicted octanol–water partition coefficient (Wildman–Crippen LogP) is 8.66. The normalized spacial score (nSPS) is 36.0. The van der Waals surface area contributed by atoms with E-state index in [-0.39, 0.29) is 30.5 Å². The maximum absolute atomic E-state index is 12.9. The molecule has 3 fully saturated rings. The van der Waals surface area contributed by atoms with Crippen LogP contribution in [0.4, 0.5) is 4.79 Å². The zero-order chi connectivity index (χ0) is 28.2. The van der Waals surface area contributed by atoms with Crippen LogP contribution in [0.2, 0.25) is 0 Å². The van der Waals surface area contributed by atoms with Gasteiger partial charge in [0.05, 0.1) is 25.0 Å². The van der Waals surface area contributed by atoms with E-state index in [1.54, 1.807) is 0 Å². The van der Waals surface area contributed by atoms with Crippen molar-refractivity contribution in [2.24, 2.45) is 46.3 Å². The predicted molar refractivity (Wildman–Crippen MR) is 155 cm³/mol. The van der Waals surface area contributed by atoms with E-state index in [9.17, 15) is 4.79 Å². The van der Waals surface area contributed by atoms with Crippen LogP contribution < -0.4 is 0 Å². The zero-order valence-electron chi connectivity index (χ0n) is 25.4. The molecule has 0 aromatic carbocycles. The fourth-order valence-electron chi connectivity index (χ4n) is 9.63. The lowest BCUT2D eigenvalue weighted by molar-refractivity contribution is -0.0593. The first-order valence-electron chi connectivity index (χ1n) is 16.0. The largest absolute Gasteiger partial charge is 0.446 e. The molecule has 0 aromatic heterocycles. The molecule has 4 aliphatic rings. The van der Waals surface area contributed by atoms with Gasteiger partial charge in [-0.15, -0.1) is 0 Å². The van der Waals surface area contributed by atoms with Gasteiger partial charge in [0.2, 0.25) is 0 Å². The van der Waals surface area contributed by atoms with Crippen LogP contribution >= 0.6 is 0 Å². The summed E-state index contributed by atoms with van der Waals surface area (Å²) in [7, 11) is 0. The number of fused-ring (bicyclic) bond motifs is 5. The number of nitrogens with zero attached hydrogens (tertiary/aromatic N) is 3. The highest BCUT2D eigenvalue weighted by atomic mass is 16.6. The second-order valence-corrected chi connectivity index (χ2v) is 14.3. The second kappa shape index (κ2) is 12.7. The Kier molecular flexibility index (Phi) is 9.73. The van der Waals surface area contributed by atoms with Crippen molar-refractivity contribution in [2.45, 2.75) is 124 Å². The Bertz CT molecular complexity index is 958. The van der Waals surface area contributed by atoms with Gasteiger partial charge in [0.25, 0.3) is 0 Å². The number of nitriles is 2. The third-order valence-corrected chi connectivity index (χ3v) is 11.8. The molecule has 3 saturated carbocycles. The minimum atomic E-state index is -0.365. The molecule has 0 aromatic rings. The van der Waals surface area contributed by atoms with Crippen LogP contribution in [0.5, 0.6) is 0 Å². The zero-order valence-corrected chi connectivity index (χ0v) is 25.4. The van der Waals surface area contributed by atoms with Crippen LogP contribution in [0.3, 0.4) is 0 Å². The van der Waals surface area contributed by atoms with Crippen LogP contribution in [0.25, 0.3) is 0 Å². The van der Waals surface area contributed by atoms with Crippen LogP contribution in [0.15, 0.2) is 11.6 Å². The Morgan fingerprint density at radius 3 is 2.41 bits per heavy atom. The van der Waals surface area contributed by atoms with Crippen molar-refractivity contribution in [1.29, 1.82) is 10.5 Å². The lowest BCUT2D eigenvalue weighted by Crippen LogP contribution is -2.51. The summed E-state index contributed by atoms with van der Waals surface area (Å²) in [6, 6.07) is 4.20. The Labute approximate surface area is 238 Å². The van der Waals surface area contributed by atoms with Gasteiger partial charge in [-0.2, -0.15) is 10.5 Å². The minimum Gasteiger partial charge on any atom is -0.446 e. The van der Waals surface area contributed by atoms with Gasteiger partial charge >= 0.3 is 6.09 Å². The van der Waals surface area contributed by atoms with Gasteiger partial charge in [-0.3, -0.25) is 0 Å². The third-order valence-electron chi connectivity index (χ3n) is 11.8. The smallest absolute Gasteiger partial charge is 0.410 e. The van der Waals surface area contributed by atoms with Gasteiger partial charge in [0.1, 0.15) is 6.10 Å². The summed E-state index contributed by atoms with van der Waals surface area (Å²) in [5.41, 5.74) is 2.26. The number of ether oxygens (including phenoxy) is 1. The van der Waals surface area contributed by atoms with E-state index in [1.165, 1.54) is 61.8 Å². The maximum atomic E-state index is 12.9. The summed E-state index contributed by atoms with van der Waals surface area (Å²) in [5, 5.41) is 17.9. The molecule has 0 spiro atoms. The molecule has 8 atom stereocenters. The standard InChI is InChI=1S/C34H53N3O2/c1-24(2)9-6-10-25(3)29-13-14-30-28-12-11-26-23-27(39-32(38)37(21-7-19-35)22-8-20-36)15-17-33(26,4)31(28)16-18-34(29,30)5/h11,24-25,27-31H,6-10,12-18,21-23H2,1-5H3/t25-,27+,28-,29+,30-,31-,33+,34-/m1/s1. The Morgan fingerprint density at radius 1 is 1.03 bits per heavy atom. The average Bonchev–Trinajstić information content (AvgIpc) is 3.26. The van der Waals surface area contributed by atoms with E-state index in [1.807, 2.05) is 0 Å². The number of hydrogen-bond acceptors (Lipinski definition) is 4. The molecule has 0 N–H and O–H groups in total. The van der Waals surface area contributed by atoms with Crippen molar-refractivity contribution in [3.05, 3.63) is 11.6 Å². The molecule has 4 rings (SSSR count). The van der Waals surface area contributed by atoms with E-state index in [4.69, 9.17) is 15.3 Å². The van der Waals surface area contributed by atoms with E-state index in [0.29, 0.717) is 18.5 Å². The summed E-state index contributed by atoms with van der Waals surface area (Å²) >= 11 is 0. The van der Waals surface area contributed by atoms with Gasteiger partial charge in [-0.05, 0) is 91.3 Å². The van der Waals surface area contributed by atoms with Crippen molar-refractivity contribution in [2.75, 3.05) is 13.1 Å². The lowest BCUT2D eigenvalue weighted by atomic mass is 9.47. The third kappa shape index (κ3) is 6.19. The Balaban J connectivity index is 1.40. The SMILES string of the molecule is CC(C)CCC[C@@H](C)[C@@H]1CC[C@@H]2[C@H]3CC=C4C[C@@H](OC(=O)N(CCC#N)CCC#N)CC[C@]4(C)[C@@H]3CC[C@@]21C. The van der Waals surface area contributed by atoms with Crippen LogP contribution in [-0.2, 0) is 4.74 Å². The summed E-state index contributed by atoms with van der Waals surface area (Å²) in [5.74, 6) is 4.95. The number of rotatable bonds is 10. The van der Waals surface area contributed by atoms with Crippen LogP contribution in [0.1, 0.15) is 118 Å². The molecule has 1 amide bonds. The average molecular weight is 536 g/mol. The molecule has 0 aliphatic heterocycles. The van der Waals surface area contributed by atoms with Crippen molar-refractivity contribution >= 4 is 6.09 Å². The highest BCUT2D eigenvalue weighted by Gasteiger charge is 2.59. The first kappa shape index (κ1) is 30.0. The minimum absolute atomic E-state index is 0.101. The summed E-state index contributed by atoms with van der Waals surface area (Å²) < 4.78 is 5.98. The second-order valence-electron chi connectivity index (χ2n) is 14.3. The molecule has 0 saturated heterocycles. The fraction of sp³-hybridized carbons (Fsp3) is 0.853. The molecule has 5 heteroatoms. The van der Waals surface area contributed by atoms with Crippen molar-refractivity contribution in [3.63, 3.8) is 0 Å². The molecule has 39 heavy (non-hydrogen) atoms. The molecule has 0 heterocycles. The van der Waals surface area contributed by atoms with Gasteiger partial charge in [-0.25, -0.2) is 4.79 Å². The van der Waals surface area contributed by atoms with E-state index in [0.717, 1.165) is 54.8 Å². The summed E-state index contributed by atoms with van der Waals surface area (Å²) in [4.78, 5) is 14.4. The van der Waals surface area contributed by atoms with Gasteiger partial charge in [0.15, 0.2) is 0 Å². The lowest BCUT2D eigenvalue weighted by Gasteiger charge is -2.58. The molecule has 0 radical (unpaired) electrons. The van der Waals surface area contributed by atoms with E-state index < -0.39 is 0 Å². The number of amides is 1. The Hall–Kier alpha value is -2.01. The molecule has 5 nitrogen and oxygen atoms in total.